The summed E-state index contributed by atoms with van der Waals surface area (Å²) in [6.45, 7) is 6.73. The lowest BCUT2D eigenvalue weighted by atomic mass is 10.3. The summed E-state index contributed by atoms with van der Waals surface area (Å²) in [6, 6.07) is 0.390. The van der Waals surface area contributed by atoms with Crippen molar-refractivity contribution in [3.8, 4) is 0 Å². The third-order valence-electron chi connectivity index (χ3n) is 1.83. The molecule has 0 aliphatic rings. The van der Waals surface area contributed by atoms with Gasteiger partial charge in [0, 0.05) is 12.6 Å². The van der Waals surface area contributed by atoms with Crippen molar-refractivity contribution >= 4 is 15.9 Å². The minimum absolute atomic E-state index is 0.390. The number of hydrogen-bond donors (Lipinski definition) is 1. The first-order chi connectivity index (χ1) is 5.57. The quantitative estimate of drug-likeness (QED) is 0.847. The summed E-state index contributed by atoms with van der Waals surface area (Å²) in [5.41, 5.74) is 7.60. The smallest absolute Gasteiger partial charge is 0.0905 e. The Labute approximate surface area is 81.1 Å². The highest BCUT2D eigenvalue weighted by atomic mass is 79.9. The van der Waals surface area contributed by atoms with E-state index in [0.717, 1.165) is 15.9 Å². The molecule has 0 amide bonds. The van der Waals surface area contributed by atoms with Gasteiger partial charge in [0.05, 0.1) is 15.9 Å². The van der Waals surface area contributed by atoms with Crippen molar-refractivity contribution in [1.29, 1.82) is 0 Å². The maximum atomic E-state index is 5.53. The van der Waals surface area contributed by atoms with E-state index in [4.69, 9.17) is 5.73 Å². The van der Waals surface area contributed by atoms with Crippen LogP contribution in [0.2, 0.25) is 0 Å². The number of hydrogen-bond acceptors (Lipinski definition) is 2. The number of rotatable bonds is 2. The molecule has 0 unspecified atom stereocenters. The average molecular weight is 232 g/mol. The lowest BCUT2D eigenvalue weighted by molar-refractivity contribution is 0.514. The van der Waals surface area contributed by atoms with Crippen LogP contribution in [-0.4, -0.2) is 9.78 Å². The van der Waals surface area contributed by atoms with Gasteiger partial charge in [-0.25, -0.2) is 0 Å². The summed E-state index contributed by atoms with van der Waals surface area (Å²) < 4.78 is 3.02. The lowest BCUT2D eigenvalue weighted by Crippen LogP contribution is -2.06. The molecule has 0 aromatic carbocycles. The van der Waals surface area contributed by atoms with E-state index in [-0.39, 0.29) is 0 Å². The summed E-state index contributed by atoms with van der Waals surface area (Å²) in [4.78, 5) is 0. The van der Waals surface area contributed by atoms with Crippen molar-refractivity contribution in [1.82, 2.24) is 9.78 Å². The summed E-state index contributed by atoms with van der Waals surface area (Å²) in [7, 11) is 0. The molecule has 0 bridgehead atoms. The Hall–Kier alpha value is -0.350. The van der Waals surface area contributed by atoms with Crippen LogP contribution in [0, 0.1) is 6.92 Å². The summed E-state index contributed by atoms with van der Waals surface area (Å²) in [6.07, 6.45) is 0. The zero-order valence-electron chi connectivity index (χ0n) is 7.63. The van der Waals surface area contributed by atoms with Gasteiger partial charge in [-0.2, -0.15) is 5.10 Å². The topological polar surface area (TPSA) is 43.8 Å². The molecule has 12 heavy (non-hydrogen) atoms. The number of halogens is 1. The number of nitrogens with two attached hydrogens (primary N) is 1. The highest BCUT2D eigenvalue weighted by Gasteiger charge is 2.12. The molecule has 0 fully saturated rings. The molecule has 2 N–H and O–H groups in total. The van der Waals surface area contributed by atoms with Gasteiger partial charge >= 0.3 is 0 Å². The minimum Gasteiger partial charge on any atom is -0.325 e. The molecule has 1 rings (SSSR count). The van der Waals surface area contributed by atoms with E-state index in [0.29, 0.717) is 12.6 Å². The van der Waals surface area contributed by atoms with Crippen LogP contribution in [0.3, 0.4) is 0 Å². The average Bonchev–Trinajstić information content (AvgIpc) is 2.30. The predicted molar refractivity (Wildman–Crippen MR) is 52.9 cm³/mol. The molecule has 0 aliphatic carbocycles. The molecule has 3 nitrogen and oxygen atoms in total. The highest BCUT2D eigenvalue weighted by molar-refractivity contribution is 9.10. The van der Waals surface area contributed by atoms with Crippen LogP contribution >= 0.6 is 15.9 Å². The molecule has 0 aliphatic heterocycles. The van der Waals surface area contributed by atoms with Crippen molar-refractivity contribution in [2.24, 2.45) is 5.73 Å². The predicted octanol–water partition coefficient (Wildman–Crippen LogP) is 1.99. The van der Waals surface area contributed by atoms with E-state index >= 15 is 0 Å². The second-order valence-electron chi connectivity index (χ2n) is 3.09. The normalized spacial score (nSPS) is 11.2. The highest BCUT2D eigenvalue weighted by Crippen LogP contribution is 2.22. The van der Waals surface area contributed by atoms with Crippen LogP contribution in [0.5, 0.6) is 0 Å². The Kier molecular flexibility index (Phi) is 2.90. The molecule has 4 heteroatoms. The van der Waals surface area contributed by atoms with Crippen LogP contribution in [0.25, 0.3) is 0 Å². The largest absolute Gasteiger partial charge is 0.325 e. The summed E-state index contributed by atoms with van der Waals surface area (Å²) in [5, 5.41) is 4.37. The zero-order valence-corrected chi connectivity index (χ0v) is 9.22. The monoisotopic (exact) mass is 231 g/mol. The van der Waals surface area contributed by atoms with Gasteiger partial charge in [0.25, 0.3) is 0 Å². The van der Waals surface area contributed by atoms with E-state index in [9.17, 15) is 0 Å². The fourth-order valence-electron chi connectivity index (χ4n) is 1.19. The molecule has 68 valence electrons. The van der Waals surface area contributed by atoms with E-state index in [1.807, 2.05) is 11.6 Å². The van der Waals surface area contributed by atoms with Gasteiger partial charge in [-0.1, -0.05) is 0 Å². The van der Waals surface area contributed by atoms with Crippen LogP contribution in [0.4, 0.5) is 0 Å². The van der Waals surface area contributed by atoms with Crippen molar-refractivity contribution in [3.63, 3.8) is 0 Å². The maximum absolute atomic E-state index is 5.53. The first-order valence-corrected chi connectivity index (χ1v) is 4.80. The van der Waals surface area contributed by atoms with Gasteiger partial charge in [-0.05, 0) is 36.7 Å². The molecule has 1 aromatic rings. The van der Waals surface area contributed by atoms with Gasteiger partial charge < -0.3 is 5.73 Å². The van der Waals surface area contributed by atoms with Gasteiger partial charge in [0.2, 0.25) is 0 Å². The van der Waals surface area contributed by atoms with Crippen LogP contribution < -0.4 is 5.73 Å². The van der Waals surface area contributed by atoms with Crippen LogP contribution in [0.1, 0.15) is 31.3 Å². The third-order valence-corrected chi connectivity index (χ3v) is 2.86. The molecule has 0 spiro atoms. The fraction of sp³-hybridized carbons (Fsp3) is 0.625. The Bertz CT molecular complexity index is 278. The lowest BCUT2D eigenvalue weighted by Gasteiger charge is -2.06. The van der Waals surface area contributed by atoms with E-state index < -0.39 is 0 Å². The zero-order chi connectivity index (χ0) is 9.30. The van der Waals surface area contributed by atoms with Crippen molar-refractivity contribution < 1.29 is 0 Å². The van der Waals surface area contributed by atoms with Gasteiger partial charge in [0.15, 0.2) is 0 Å². The van der Waals surface area contributed by atoms with E-state index in [2.05, 4.69) is 34.9 Å². The second-order valence-corrected chi connectivity index (χ2v) is 3.88. The number of aromatic nitrogens is 2. The minimum atomic E-state index is 0.390. The molecule has 0 saturated heterocycles. The van der Waals surface area contributed by atoms with Crippen molar-refractivity contribution in [2.45, 2.75) is 33.4 Å². The molecule has 0 saturated carbocycles. The molecule has 0 radical (unpaired) electrons. The van der Waals surface area contributed by atoms with E-state index in [1.54, 1.807) is 0 Å². The number of nitrogens with zero attached hydrogens (tertiary/aromatic N) is 2. The Morgan fingerprint density at radius 3 is 2.42 bits per heavy atom. The SMILES string of the molecule is Cc1c(Br)c(CN)nn1C(C)C. The van der Waals surface area contributed by atoms with Crippen LogP contribution in [0.15, 0.2) is 4.47 Å². The van der Waals surface area contributed by atoms with Crippen LogP contribution in [-0.2, 0) is 6.54 Å². The molecule has 0 atom stereocenters. The Balaban J connectivity index is 3.16. The molecular formula is C8H14BrN3. The Morgan fingerprint density at radius 2 is 2.17 bits per heavy atom. The van der Waals surface area contributed by atoms with Crippen molar-refractivity contribution in [2.75, 3.05) is 0 Å². The van der Waals surface area contributed by atoms with Gasteiger partial charge in [-0.15, -0.1) is 0 Å². The van der Waals surface area contributed by atoms with Gasteiger partial charge in [-0.3, -0.25) is 4.68 Å². The third kappa shape index (κ3) is 1.54. The molecule has 1 aromatic heterocycles. The van der Waals surface area contributed by atoms with Gasteiger partial charge in [0.1, 0.15) is 0 Å². The first kappa shape index (κ1) is 9.74. The Morgan fingerprint density at radius 1 is 1.58 bits per heavy atom. The molecule has 1 heterocycles. The first-order valence-electron chi connectivity index (χ1n) is 4.01. The maximum Gasteiger partial charge on any atom is 0.0905 e. The standard InChI is InChI=1S/C8H14BrN3/c1-5(2)12-6(3)8(9)7(4-10)11-12/h5H,4,10H2,1-3H3. The molecular weight excluding hydrogens is 218 g/mol. The van der Waals surface area contributed by atoms with E-state index in [1.165, 1.54) is 0 Å². The summed E-state index contributed by atoms with van der Waals surface area (Å²) >= 11 is 3.47. The summed E-state index contributed by atoms with van der Waals surface area (Å²) in [5.74, 6) is 0. The second kappa shape index (κ2) is 3.58. The van der Waals surface area contributed by atoms with Crippen molar-refractivity contribution in [3.05, 3.63) is 15.9 Å². The fourth-order valence-corrected chi connectivity index (χ4v) is 1.61.